The van der Waals surface area contributed by atoms with Crippen molar-refractivity contribution in [1.29, 1.82) is 0 Å². The summed E-state index contributed by atoms with van der Waals surface area (Å²) in [5, 5.41) is 0.796. The summed E-state index contributed by atoms with van der Waals surface area (Å²) in [6.07, 6.45) is 1.46. The van der Waals surface area contributed by atoms with Gasteiger partial charge in [0.15, 0.2) is 5.78 Å². The Morgan fingerprint density at radius 1 is 1.14 bits per heavy atom. The average molecular weight is 307 g/mol. The number of nitrogens with one attached hydrogen (secondary N) is 2. The van der Waals surface area contributed by atoms with Crippen LogP contribution in [-0.4, -0.2) is 32.0 Å². The summed E-state index contributed by atoms with van der Waals surface area (Å²) in [6, 6.07) is 8.31. The molecule has 4 saturated heterocycles. The van der Waals surface area contributed by atoms with E-state index < -0.39 is 0 Å². The maximum absolute atomic E-state index is 12.9. The van der Waals surface area contributed by atoms with Crippen LogP contribution < -0.4 is 9.80 Å². The van der Waals surface area contributed by atoms with Crippen molar-refractivity contribution in [2.75, 3.05) is 26.2 Å². The monoisotopic (exact) mass is 306 g/mol. The van der Waals surface area contributed by atoms with Crippen LogP contribution in [0.2, 0.25) is 5.02 Å². The number of Topliss-reactive ketones (excluding diaryl/α,β-unsaturated/α-hetero) is 1. The Morgan fingerprint density at radius 3 is 2.24 bits per heavy atom. The zero-order chi connectivity index (χ0) is 14.8. The highest BCUT2D eigenvalue weighted by Crippen LogP contribution is 2.38. The minimum Gasteiger partial charge on any atom is -0.297 e. The van der Waals surface area contributed by atoms with Crippen LogP contribution in [0.25, 0.3) is 0 Å². The number of hydrogen-bond donors (Lipinski definition) is 2. The van der Waals surface area contributed by atoms with E-state index in [2.05, 4.69) is 26.0 Å². The van der Waals surface area contributed by atoms with Gasteiger partial charge < -0.3 is 0 Å². The predicted octanol–water partition coefficient (Wildman–Crippen LogP) is 0.121. The molecule has 0 amide bonds. The Bertz CT molecular complexity index is 581. The van der Waals surface area contributed by atoms with Gasteiger partial charge in [-0.15, -0.1) is 0 Å². The second kappa shape index (κ2) is 4.31. The third kappa shape index (κ3) is 1.77. The van der Waals surface area contributed by atoms with Gasteiger partial charge in [0.25, 0.3) is 0 Å². The van der Waals surface area contributed by atoms with Gasteiger partial charge in [0.05, 0.1) is 18.7 Å². The highest BCUT2D eigenvalue weighted by molar-refractivity contribution is 6.30. The number of ketones is 1. The van der Waals surface area contributed by atoms with E-state index in [0.717, 1.165) is 37.6 Å². The third-order valence-electron chi connectivity index (χ3n) is 6.09. The molecule has 0 saturated carbocycles. The second-order valence-corrected chi connectivity index (χ2v) is 7.97. The molecule has 2 atom stereocenters. The summed E-state index contributed by atoms with van der Waals surface area (Å²) in [5.74, 6) is 0.541. The molecule has 1 aromatic carbocycles. The standard InChI is InChI=1S/C17H21ClN2O/c1-3-17-10-19-8-16(2,15(17)21)9-20(11-17)14(19)12-4-6-13(18)7-5-12/h4-7,14H,3,8-11H2,1-2H3/p+2. The van der Waals surface area contributed by atoms with Crippen molar-refractivity contribution in [2.45, 2.75) is 26.4 Å². The molecule has 2 N–H and O–H groups in total. The first-order chi connectivity index (χ1) is 9.97. The van der Waals surface area contributed by atoms with Crippen molar-refractivity contribution in [3.05, 3.63) is 34.9 Å². The summed E-state index contributed by atoms with van der Waals surface area (Å²) in [4.78, 5) is 16.1. The molecule has 4 aliphatic rings. The molecule has 2 unspecified atom stereocenters. The number of quaternary nitrogens is 2. The van der Waals surface area contributed by atoms with Gasteiger partial charge in [-0.3, -0.25) is 14.6 Å². The number of rotatable bonds is 2. The zero-order valence-electron chi connectivity index (χ0n) is 12.7. The molecule has 0 spiro atoms. The van der Waals surface area contributed by atoms with Crippen LogP contribution >= 0.6 is 11.6 Å². The Kier molecular flexibility index (Phi) is 2.82. The molecule has 1 aromatic rings. The normalized spacial score (nSPS) is 44.3. The molecule has 4 heteroatoms. The Labute approximate surface area is 130 Å². The molecule has 112 valence electrons. The Hall–Kier alpha value is -0.900. The fourth-order valence-electron chi connectivity index (χ4n) is 5.32. The van der Waals surface area contributed by atoms with Crippen LogP contribution in [0.5, 0.6) is 0 Å². The van der Waals surface area contributed by atoms with E-state index in [1.807, 2.05) is 12.1 Å². The van der Waals surface area contributed by atoms with Gasteiger partial charge in [0, 0.05) is 5.02 Å². The molecule has 0 radical (unpaired) electrons. The number of carbonyl (C=O) groups is 1. The average Bonchev–Trinajstić information content (AvgIpc) is 2.45. The molecular weight excluding hydrogens is 284 g/mol. The van der Waals surface area contributed by atoms with E-state index in [1.54, 1.807) is 9.80 Å². The van der Waals surface area contributed by atoms with E-state index in [1.165, 1.54) is 5.56 Å². The highest BCUT2D eigenvalue weighted by atomic mass is 35.5. The number of benzene rings is 1. The summed E-state index contributed by atoms with van der Waals surface area (Å²) >= 11 is 6.03. The van der Waals surface area contributed by atoms with E-state index in [4.69, 9.17) is 11.6 Å². The molecule has 4 fully saturated rings. The van der Waals surface area contributed by atoms with Gasteiger partial charge in [-0.05, 0) is 37.6 Å². The minimum atomic E-state index is -0.111. The van der Waals surface area contributed by atoms with Gasteiger partial charge in [-0.2, -0.15) is 0 Å². The lowest BCUT2D eigenvalue weighted by Crippen LogP contribution is -3.41. The van der Waals surface area contributed by atoms with Crippen molar-refractivity contribution in [1.82, 2.24) is 0 Å². The molecule has 21 heavy (non-hydrogen) atoms. The fraction of sp³-hybridized carbons (Fsp3) is 0.588. The minimum absolute atomic E-state index is 0.0706. The van der Waals surface area contributed by atoms with Crippen molar-refractivity contribution in [2.24, 2.45) is 10.8 Å². The topological polar surface area (TPSA) is 26.0 Å². The highest BCUT2D eigenvalue weighted by Gasteiger charge is 2.69. The van der Waals surface area contributed by atoms with E-state index in [0.29, 0.717) is 11.9 Å². The Balaban J connectivity index is 1.74. The van der Waals surface area contributed by atoms with Crippen LogP contribution in [-0.2, 0) is 4.79 Å². The van der Waals surface area contributed by atoms with Crippen LogP contribution in [0.4, 0.5) is 0 Å². The van der Waals surface area contributed by atoms with E-state index >= 15 is 0 Å². The van der Waals surface area contributed by atoms with Crippen molar-refractivity contribution < 1.29 is 14.6 Å². The molecule has 3 nitrogen and oxygen atoms in total. The number of piperidine rings is 2. The van der Waals surface area contributed by atoms with E-state index in [9.17, 15) is 4.79 Å². The van der Waals surface area contributed by atoms with Gasteiger partial charge >= 0.3 is 0 Å². The van der Waals surface area contributed by atoms with Crippen molar-refractivity contribution >= 4 is 17.4 Å². The molecule has 0 aliphatic carbocycles. The SMILES string of the molecule is CCC12C[NH+]3CC(C)(C[NH+](C1)C3c1ccc(Cl)cc1)C2=O. The van der Waals surface area contributed by atoms with Crippen LogP contribution in [0, 0.1) is 10.8 Å². The fourth-order valence-corrected chi connectivity index (χ4v) is 5.44. The van der Waals surface area contributed by atoms with Crippen LogP contribution in [0.1, 0.15) is 32.0 Å². The molecule has 4 bridgehead atoms. The number of carbonyl (C=O) groups excluding carboxylic acids is 1. The first kappa shape index (κ1) is 13.7. The lowest BCUT2D eigenvalue weighted by molar-refractivity contribution is -1.18. The zero-order valence-corrected chi connectivity index (χ0v) is 13.5. The Morgan fingerprint density at radius 2 is 1.71 bits per heavy atom. The smallest absolute Gasteiger partial charge is 0.240 e. The lowest BCUT2D eigenvalue weighted by atomic mass is 9.60. The van der Waals surface area contributed by atoms with Crippen LogP contribution in [0.3, 0.4) is 0 Å². The second-order valence-electron chi connectivity index (χ2n) is 7.53. The summed E-state index contributed by atoms with van der Waals surface area (Å²) in [5.41, 5.74) is 1.18. The number of hydrogen-bond acceptors (Lipinski definition) is 1. The predicted molar refractivity (Wildman–Crippen MR) is 81.4 cm³/mol. The maximum Gasteiger partial charge on any atom is 0.240 e. The summed E-state index contributed by atoms with van der Waals surface area (Å²) in [6.45, 7) is 8.38. The molecule has 0 aromatic heterocycles. The largest absolute Gasteiger partial charge is 0.297 e. The van der Waals surface area contributed by atoms with Crippen molar-refractivity contribution in [3.63, 3.8) is 0 Å². The first-order valence-corrected chi connectivity index (χ1v) is 8.35. The number of halogens is 1. The first-order valence-electron chi connectivity index (χ1n) is 7.97. The van der Waals surface area contributed by atoms with Crippen LogP contribution in [0.15, 0.2) is 24.3 Å². The lowest BCUT2D eigenvalue weighted by Gasteiger charge is -2.59. The molecule has 4 heterocycles. The molecular formula is C17H23ClN2O+2. The molecule has 5 rings (SSSR count). The van der Waals surface area contributed by atoms with Crippen molar-refractivity contribution in [3.8, 4) is 0 Å². The quantitative estimate of drug-likeness (QED) is 0.798. The van der Waals surface area contributed by atoms with E-state index in [-0.39, 0.29) is 10.8 Å². The van der Waals surface area contributed by atoms with Gasteiger partial charge in [0.1, 0.15) is 23.9 Å². The third-order valence-corrected chi connectivity index (χ3v) is 6.34. The molecule has 4 aliphatic heterocycles. The van der Waals surface area contributed by atoms with Gasteiger partial charge in [0.2, 0.25) is 6.17 Å². The van der Waals surface area contributed by atoms with Gasteiger partial charge in [-0.1, -0.05) is 18.5 Å². The summed E-state index contributed by atoms with van der Waals surface area (Å²) in [7, 11) is 0. The maximum atomic E-state index is 12.9. The van der Waals surface area contributed by atoms with Gasteiger partial charge in [-0.25, -0.2) is 0 Å². The summed E-state index contributed by atoms with van der Waals surface area (Å²) < 4.78 is 0.